The van der Waals surface area contributed by atoms with Crippen molar-refractivity contribution in [3.63, 3.8) is 0 Å². The summed E-state index contributed by atoms with van der Waals surface area (Å²) in [4.78, 5) is 11.9. The van der Waals surface area contributed by atoms with Crippen LogP contribution in [0.5, 0.6) is 0 Å². The van der Waals surface area contributed by atoms with Gasteiger partial charge in [0.05, 0.1) is 18.0 Å². The average Bonchev–Trinajstić information content (AvgIpc) is 2.64. The molecule has 4 N–H and O–H groups in total. The molecule has 0 atom stereocenters. The van der Waals surface area contributed by atoms with Crippen molar-refractivity contribution >= 4 is 11.6 Å². The van der Waals surface area contributed by atoms with E-state index in [-0.39, 0.29) is 12.0 Å². The minimum Gasteiger partial charge on any atom is -0.396 e. The Morgan fingerprint density at radius 3 is 3.00 bits per heavy atom. The number of carbonyl (C=O) groups is 1. The lowest BCUT2D eigenvalue weighted by atomic mass is 9.82. The summed E-state index contributed by atoms with van der Waals surface area (Å²) in [6, 6.07) is 0. The average molecular weight is 238 g/mol. The number of rotatable bonds is 4. The summed E-state index contributed by atoms with van der Waals surface area (Å²) >= 11 is 0. The largest absolute Gasteiger partial charge is 0.396 e. The Morgan fingerprint density at radius 1 is 1.71 bits per heavy atom. The van der Waals surface area contributed by atoms with E-state index in [1.807, 2.05) is 6.92 Å². The third-order valence-electron chi connectivity index (χ3n) is 3.14. The summed E-state index contributed by atoms with van der Waals surface area (Å²) in [5.74, 6) is 0.191. The van der Waals surface area contributed by atoms with E-state index in [9.17, 15) is 4.79 Å². The molecule has 6 heteroatoms. The number of nitrogens with zero attached hydrogens (tertiary/aromatic N) is 2. The second-order valence-corrected chi connectivity index (χ2v) is 4.47. The van der Waals surface area contributed by atoms with Crippen LogP contribution >= 0.6 is 0 Å². The minimum atomic E-state index is -0.192. The highest BCUT2D eigenvalue weighted by Gasteiger charge is 2.27. The number of hydrogen-bond acceptors (Lipinski definition) is 4. The fourth-order valence-electron chi connectivity index (χ4n) is 2.08. The van der Waals surface area contributed by atoms with Crippen LogP contribution in [0.15, 0.2) is 6.20 Å². The molecular weight excluding hydrogens is 220 g/mol. The van der Waals surface area contributed by atoms with Crippen LogP contribution in [0.3, 0.4) is 0 Å². The highest BCUT2D eigenvalue weighted by atomic mass is 16.3. The third-order valence-corrected chi connectivity index (χ3v) is 3.14. The number of amides is 1. The molecule has 1 aliphatic rings. The number of nitrogen functional groups attached to an aromatic ring is 1. The first kappa shape index (κ1) is 11.9. The van der Waals surface area contributed by atoms with Crippen LogP contribution in [-0.4, -0.2) is 33.4 Å². The molecule has 0 aliphatic heterocycles. The van der Waals surface area contributed by atoms with E-state index in [0.29, 0.717) is 30.4 Å². The van der Waals surface area contributed by atoms with Gasteiger partial charge in [-0.1, -0.05) is 0 Å². The quantitative estimate of drug-likeness (QED) is 0.687. The lowest BCUT2D eigenvalue weighted by Crippen LogP contribution is -2.39. The van der Waals surface area contributed by atoms with Crippen LogP contribution in [0.4, 0.5) is 5.69 Å². The van der Waals surface area contributed by atoms with Gasteiger partial charge in [-0.2, -0.15) is 5.10 Å². The number of aliphatic hydroxyl groups excluding tert-OH is 1. The highest BCUT2D eigenvalue weighted by Crippen LogP contribution is 2.26. The molecule has 1 fully saturated rings. The Balaban J connectivity index is 1.92. The van der Waals surface area contributed by atoms with Gasteiger partial charge in [-0.05, 0) is 25.7 Å². The van der Waals surface area contributed by atoms with Gasteiger partial charge >= 0.3 is 0 Å². The van der Waals surface area contributed by atoms with E-state index in [4.69, 9.17) is 10.8 Å². The van der Waals surface area contributed by atoms with E-state index in [1.54, 1.807) is 4.68 Å². The van der Waals surface area contributed by atoms with Gasteiger partial charge in [-0.15, -0.1) is 0 Å². The number of anilines is 1. The van der Waals surface area contributed by atoms with E-state index in [1.165, 1.54) is 6.20 Å². The molecule has 0 bridgehead atoms. The maximum atomic E-state index is 11.9. The van der Waals surface area contributed by atoms with Crippen molar-refractivity contribution in [3.8, 4) is 0 Å². The molecule has 0 saturated heterocycles. The smallest absolute Gasteiger partial charge is 0.271 e. The van der Waals surface area contributed by atoms with Crippen molar-refractivity contribution in [2.45, 2.75) is 32.4 Å². The summed E-state index contributed by atoms with van der Waals surface area (Å²) in [7, 11) is 0. The number of nitrogens with two attached hydrogens (primary N) is 1. The second kappa shape index (κ2) is 4.75. The number of hydrogen-bond donors (Lipinski definition) is 3. The summed E-state index contributed by atoms with van der Waals surface area (Å²) in [6.07, 6.45) is 2.83. The molecule has 1 aromatic heterocycles. The second-order valence-electron chi connectivity index (χ2n) is 4.47. The summed E-state index contributed by atoms with van der Waals surface area (Å²) in [6.45, 7) is 3.11. The van der Waals surface area contributed by atoms with Gasteiger partial charge in [-0.25, -0.2) is 0 Å². The Bertz CT molecular complexity index is 410. The molecule has 0 unspecified atom stereocenters. The summed E-state index contributed by atoms with van der Waals surface area (Å²) in [5.41, 5.74) is 6.53. The third kappa shape index (κ3) is 2.41. The van der Waals surface area contributed by atoms with Gasteiger partial charge in [0.2, 0.25) is 0 Å². The predicted molar refractivity (Wildman–Crippen MR) is 63.4 cm³/mol. The van der Waals surface area contributed by atoms with Crippen molar-refractivity contribution in [1.82, 2.24) is 15.1 Å². The van der Waals surface area contributed by atoms with E-state index in [0.717, 1.165) is 12.8 Å². The molecule has 17 heavy (non-hydrogen) atoms. The maximum Gasteiger partial charge on any atom is 0.271 e. The van der Waals surface area contributed by atoms with Crippen LogP contribution in [0, 0.1) is 5.92 Å². The minimum absolute atomic E-state index is 0.191. The first-order chi connectivity index (χ1) is 8.11. The molecule has 0 aromatic carbocycles. The van der Waals surface area contributed by atoms with Crippen molar-refractivity contribution in [2.24, 2.45) is 5.92 Å². The molecule has 0 spiro atoms. The van der Waals surface area contributed by atoms with Crippen molar-refractivity contribution in [3.05, 3.63) is 11.9 Å². The maximum absolute atomic E-state index is 11.9. The van der Waals surface area contributed by atoms with Crippen LogP contribution in [0.1, 0.15) is 30.3 Å². The molecule has 1 saturated carbocycles. The lowest BCUT2D eigenvalue weighted by molar-refractivity contribution is 0.0419. The Morgan fingerprint density at radius 2 is 2.41 bits per heavy atom. The normalized spacial score (nSPS) is 23.2. The van der Waals surface area contributed by atoms with Gasteiger partial charge in [0.1, 0.15) is 5.69 Å². The van der Waals surface area contributed by atoms with Gasteiger partial charge < -0.3 is 16.2 Å². The summed E-state index contributed by atoms with van der Waals surface area (Å²) < 4.78 is 1.58. The fourth-order valence-corrected chi connectivity index (χ4v) is 2.08. The topological polar surface area (TPSA) is 93.2 Å². The van der Waals surface area contributed by atoms with Crippen LogP contribution in [-0.2, 0) is 6.54 Å². The Labute approximate surface area is 99.8 Å². The predicted octanol–water partition coefficient (Wildman–Crippen LogP) is -0.0141. The zero-order valence-corrected chi connectivity index (χ0v) is 9.89. The molecule has 6 nitrogen and oxygen atoms in total. The van der Waals surface area contributed by atoms with Crippen molar-refractivity contribution in [2.75, 3.05) is 12.3 Å². The molecule has 94 valence electrons. The summed E-state index contributed by atoms with van der Waals surface area (Å²) in [5, 5.41) is 16.0. The number of nitrogens with one attached hydrogen (secondary N) is 1. The van der Waals surface area contributed by atoms with Crippen molar-refractivity contribution < 1.29 is 9.90 Å². The van der Waals surface area contributed by atoms with E-state index < -0.39 is 0 Å². The standard InChI is InChI=1S/C11H18N4O2/c1-2-15-10(9(12)6-14-15)11(17)13-5-7-3-8(16)4-7/h6-8,16H,2-5,12H2,1H3,(H,13,17). The van der Waals surface area contributed by atoms with Crippen LogP contribution in [0.25, 0.3) is 0 Å². The number of aromatic nitrogens is 2. The molecule has 2 rings (SSSR count). The van der Waals surface area contributed by atoms with Gasteiger partial charge in [0.25, 0.3) is 5.91 Å². The highest BCUT2D eigenvalue weighted by molar-refractivity contribution is 5.97. The molecule has 0 radical (unpaired) electrons. The van der Waals surface area contributed by atoms with Crippen LogP contribution in [0.2, 0.25) is 0 Å². The number of carbonyl (C=O) groups excluding carboxylic acids is 1. The van der Waals surface area contributed by atoms with Gasteiger partial charge in [0.15, 0.2) is 0 Å². The van der Waals surface area contributed by atoms with Crippen molar-refractivity contribution in [1.29, 1.82) is 0 Å². The molecule has 1 heterocycles. The molecule has 1 amide bonds. The molecule has 1 aromatic rings. The lowest BCUT2D eigenvalue weighted by Gasteiger charge is -2.31. The number of aryl methyl sites for hydroxylation is 1. The van der Waals surface area contributed by atoms with Crippen LogP contribution < -0.4 is 11.1 Å². The fraction of sp³-hybridized carbons (Fsp3) is 0.636. The Hall–Kier alpha value is -1.56. The monoisotopic (exact) mass is 238 g/mol. The SMILES string of the molecule is CCn1ncc(N)c1C(=O)NCC1CC(O)C1. The molecule has 1 aliphatic carbocycles. The first-order valence-corrected chi connectivity index (χ1v) is 5.89. The number of aliphatic hydroxyl groups is 1. The van der Waals surface area contributed by atoms with E-state index >= 15 is 0 Å². The zero-order chi connectivity index (χ0) is 12.4. The zero-order valence-electron chi connectivity index (χ0n) is 9.89. The first-order valence-electron chi connectivity index (χ1n) is 5.89. The molecular formula is C11H18N4O2. The Kier molecular flexibility index (Phi) is 3.33. The van der Waals surface area contributed by atoms with Gasteiger partial charge in [0, 0.05) is 13.1 Å². The van der Waals surface area contributed by atoms with Gasteiger partial charge in [-0.3, -0.25) is 9.48 Å². The van der Waals surface area contributed by atoms with E-state index in [2.05, 4.69) is 10.4 Å².